The predicted molar refractivity (Wildman–Crippen MR) is 61.0 cm³/mol. The van der Waals surface area contributed by atoms with Gasteiger partial charge in [-0.2, -0.15) is 5.26 Å². The maximum atomic E-state index is 11.7. The molecule has 1 atom stereocenters. The minimum atomic E-state index is -0.0924. The summed E-state index contributed by atoms with van der Waals surface area (Å²) in [4.78, 5) is 13.6. The molecule has 0 saturated heterocycles. The predicted octanol–water partition coefficient (Wildman–Crippen LogP) is 2.40. The Morgan fingerprint density at radius 3 is 2.80 bits per heavy atom. The van der Waals surface area contributed by atoms with Crippen LogP contribution in [0.4, 0.5) is 0 Å². The van der Waals surface area contributed by atoms with Crippen molar-refractivity contribution in [2.45, 2.75) is 33.2 Å². The smallest absolute Gasteiger partial charge is 0.261 e. The van der Waals surface area contributed by atoms with Crippen molar-refractivity contribution in [1.82, 2.24) is 5.32 Å². The molecule has 0 aromatic carbocycles. The van der Waals surface area contributed by atoms with E-state index in [4.69, 9.17) is 5.26 Å². The first-order chi connectivity index (χ1) is 7.04. The minimum absolute atomic E-state index is 0.0843. The van der Waals surface area contributed by atoms with Crippen LogP contribution in [0.1, 0.15) is 33.5 Å². The lowest BCUT2D eigenvalue weighted by atomic mass is 10.2. The zero-order valence-corrected chi connectivity index (χ0v) is 9.94. The molecule has 0 aliphatic heterocycles. The molecule has 0 spiro atoms. The molecule has 1 amide bonds. The van der Waals surface area contributed by atoms with E-state index < -0.39 is 0 Å². The number of rotatable bonds is 3. The van der Waals surface area contributed by atoms with E-state index in [2.05, 4.69) is 5.32 Å². The second kappa shape index (κ2) is 4.94. The lowest BCUT2D eigenvalue weighted by molar-refractivity contribution is 0.0945. The monoisotopic (exact) mass is 222 g/mol. The molecule has 4 heteroatoms. The van der Waals surface area contributed by atoms with Gasteiger partial charge in [0.2, 0.25) is 0 Å². The summed E-state index contributed by atoms with van der Waals surface area (Å²) in [7, 11) is 0. The van der Waals surface area contributed by atoms with Gasteiger partial charge < -0.3 is 5.32 Å². The van der Waals surface area contributed by atoms with Gasteiger partial charge in [0, 0.05) is 10.9 Å². The summed E-state index contributed by atoms with van der Waals surface area (Å²) in [5.74, 6) is -0.0843. The van der Waals surface area contributed by atoms with Crippen LogP contribution in [0.15, 0.2) is 6.07 Å². The topological polar surface area (TPSA) is 52.9 Å². The number of carbonyl (C=O) groups is 1. The molecule has 1 heterocycles. The Bertz CT molecular complexity index is 384. The molecule has 3 nitrogen and oxygen atoms in total. The van der Waals surface area contributed by atoms with E-state index in [-0.39, 0.29) is 11.9 Å². The van der Waals surface area contributed by atoms with Gasteiger partial charge >= 0.3 is 0 Å². The van der Waals surface area contributed by atoms with Crippen molar-refractivity contribution in [3.63, 3.8) is 0 Å². The number of thiophene rings is 1. The third kappa shape index (κ3) is 3.07. The van der Waals surface area contributed by atoms with E-state index in [1.807, 2.05) is 32.9 Å². The number of hydrogen-bond acceptors (Lipinski definition) is 3. The summed E-state index contributed by atoms with van der Waals surface area (Å²) in [5, 5.41) is 11.3. The van der Waals surface area contributed by atoms with Crippen molar-refractivity contribution in [3.05, 3.63) is 21.4 Å². The van der Waals surface area contributed by atoms with Crippen LogP contribution < -0.4 is 5.32 Å². The maximum Gasteiger partial charge on any atom is 0.261 e. The fourth-order valence-electron chi connectivity index (χ4n) is 1.17. The first kappa shape index (κ1) is 11.7. The van der Waals surface area contributed by atoms with Crippen molar-refractivity contribution in [2.75, 3.05) is 0 Å². The second-order valence-corrected chi connectivity index (χ2v) is 4.84. The standard InChI is InChI=1S/C11H14N2OS/c1-7-6-10(15-9(7)3)11(14)13-8(2)4-5-12/h6,8H,4H2,1-3H3,(H,13,14). The molecule has 0 aliphatic carbocycles. The highest BCUT2D eigenvalue weighted by Crippen LogP contribution is 2.20. The number of carbonyl (C=O) groups excluding carboxylic acids is 1. The van der Waals surface area contributed by atoms with Crippen LogP contribution in [0.5, 0.6) is 0 Å². The van der Waals surface area contributed by atoms with Crippen LogP contribution in [0.2, 0.25) is 0 Å². The fourth-order valence-corrected chi connectivity index (χ4v) is 2.11. The molecule has 0 bridgehead atoms. The largest absolute Gasteiger partial charge is 0.348 e. The van der Waals surface area contributed by atoms with Crippen molar-refractivity contribution in [1.29, 1.82) is 5.26 Å². The van der Waals surface area contributed by atoms with Gasteiger partial charge in [-0.05, 0) is 32.4 Å². The van der Waals surface area contributed by atoms with E-state index in [0.29, 0.717) is 6.42 Å². The number of aryl methyl sites for hydroxylation is 2. The first-order valence-electron chi connectivity index (χ1n) is 4.79. The summed E-state index contributed by atoms with van der Waals surface area (Å²) < 4.78 is 0. The van der Waals surface area contributed by atoms with Crippen LogP contribution in [0.3, 0.4) is 0 Å². The van der Waals surface area contributed by atoms with Gasteiger partial charge in [0.15, 0.2) is 0 Å². The van der Waals surface area contributed by atoms with E-state index in [1.165, 1.54) is 11.3 Å². The Morgan fingerprint density at radius 2 is 2.33 bits per heavy atom. The average molecular weight is 222 g/mol. The molecule has 1 unspecified atom stereocenters. The fraction of sp³-hybridized carbons (Fsp3) is 0.455. The molecule has 0 aliphatic rings. The Morgan fingerprint density at radius 1 is 1.67 bits per heavy atom. The quantitative estimate of drug-likeness (QED) is 0.853. The van der Waals surface area contributed by atoms with Crippen molar-refractivity contribution in [2.24, 2.45) is 0 Å². The average Bonchev–Trinajstić information content (AvgIpc) is 2.47. The van der Waals surface area contributed by atoms with Gasteiger partial charge in [0.1, 0.15) is 0 Å². The number of nitriles is 1. The van der Waals surface area contributed by atoms with Crippen LogP contribution in [0.25, 0.3) is 0 Å². The molecular formula is C11H14N2OS. The van der Waals surface area contributed by atoms with Gasteiger partial charge in [-0.3, -0.25) is 4.79 Å². The number of hydrogen-bond donors (Lipinski definition) is 1. The van der Waals surface area contributed by atoms with E-state index in [1.54, 1.807) is 0 Å². The van der Waals surface area contributed by atoms with Crippen LogP contribution in [0, 0.1) is 25.2 Å². The van der Waals surface area contributed by atoms with E-state index >= 15 is 0 Å². The molecule has 1 rings (SSSR count). The second-order valence-electron chi connectivity index (χ2n) is 3.59. The van der Waals surface area contributed by atoms with Gasteiger partial charge in [0.25, 0.3) is 5.91 Å². The summed E-state index contributed by atoms with van der Waals surface area (Å²) in [6, 6.07) is 3.82. The normalized spacial score (nSPS) is 11.9. The Kier molecular flexibility index (Phi) is 3.87. The van der Waals surface area contributed by atoms with Crippen molar-refractivity contribution in [3.8, 4) is 6.07 Å². The highest BCUT2D eigenvalue weighted by Gasteiger charge is 2.12. The Hall–Kier alpha value is -1.34. The lowest BCUT2D eigenvalue weighted by Gasteiger charge is -2.08. The van der Waals surface area contributed by atoms with E-state index in [9.17, 15) is 4.79 Å². The van der Waals surface area contributed by atoms with Crippen molar-refractivity contribution < 1.29 is 4.79 Å². The summed E-state index contributed by atoms with van der Waals surface area (Å²) in [6.07, 6.45) is 0.342. The molecule has 80 valence electrons. The number of nitrogens with zero attached hydrogens (tertiary/aromatic N) is 1. The van der Waals surface area contributed by atoms with Crippen LogP contribution >= 0.6 is 11.3 Å². The molecule has 0 fully saturated rings. The Labute approximate surface area is 93.7 Å². The number of amides is 1. The Balaban J connectivity index is 2.66. The highest BCUT2D eigenvalue weighted by molar-refractivity contribution is 7.14. The number of nitrogens with one attached hydrogen (secondary N) is 1. The van der Waals surface area contributed by atoms with Crippen molar-refractivity contribution >= 4 is 17.2 Å². The van der Waals surface area contributed by atoms with Crippen LogP contribution in [-0.4, -0.2) is 11.9 Å². The molecule has 0 radical (unpaired) electrons. The molecule has 15 heavy (non-hydrogen) atoms. The third-order valence-electron chi connectivity index (χ3n) is 2.16. The summed E-state index contributed by atoms with van der Waals surface area (Å²) in [5.41, 5.74) is 1.14. The molecule has 1 aromatic rings. The van der Waals surface area contributed by atoms with Crippen LogP contribution in [-0.2, 0) is 0 Å². The zero-order valence-electron chi connectivity index (χ0n) is 9.13. The molecule has 0 saturated carbocycles. The zero-order chi connectivity index (χ0) is 11.4. The molecule has 1 N–H and O–H groups in total. The molecular weight excluding hydrogens is 208 g/mol. The summed E-state index contributed by atoms with van der Waals surface area (Å²) >= 11 is 1.49. The third-order valence-corrected chi connectivity index (χ3v) is 3.32. The SMILES string of the molecule is Cc1cc(C(=O)NC(C)CC#N)sc1C. The first-order valence-corrected chi connectivity index (χ1v) is 5.61. The van der Waals surface area contributed by atoms with E-state index in [0.717, 1.165) is 15.3 Å². The lowest BCUT2D eigenvalue weighted by Crippen LogP contribution is -2.31. The molecule has 1 aromatic heterocycles. The highest BCUT2D eigenvalue weighted by atomic mass is 32.1. The van der Waals surface area contributed by atoms with Gasteiger partial charge in [-0.1, -0.05) is 0 Å². The van der Waals surface area contributed by atoms with Gasteiger partial charge in [-0.25, -0.2) is 0 Å². The summed E-state index contributed by atoms with van der Waals surface area (Å²) in [6.45, 7) is 5.81. The minimum Gasteiger partial charge on any atom is -0.348 e. The maximum absolute atomic E-state index is 11.7. The van der Waals surface area contributed by atoms with Gasteiger partial charge in [-0.15, -0.1) is 11.3 Å². The van der Waals surface area contributed by atoms with Gasteiger partial charge in [0.05, 0.1) is 17.4 Å².